The Labute approximate surface area is 202 Å². The maximum absolute atomic E-state index is 12.5. The van der Waals surface area contributed by atoms with Gasteiger partial charge in [-0.2, -0.15) is 0 Å². The van der Waals surface area contributed by atoms with E-state index in [-0.39, 0.29) is 24.0 Å². The number of amides is 1. The number of benzene rings is 1. The van der Waals surface area contributed by atoms with Crippen LogP contribution in [0.2, 0.25) is 5.02 Å². The largest absolute Gasteiger partial charge is 0.353 e. The fourth-order valence-electron chi connectivity index (χ4n) is 4.48. The van der Waals surface area contributed by atoms with Crippen molar-refractivity contribution in [3.63, 3.8) is 0 Å². The summed E-state index contributed by atoms with van der Waals surface area (Å²) in [5, 5.41) is 4.42. The standard InChI is InChI=1S/C22H32ClN5O.HI/c1-24-22(25-20-15-19(20)17-6-5-7-18(23)14-17)28-12-10-26(11-13-28)16-21(29)27-8-3-2-4-9-27;/h5-7,14,19-20H,2-4,8-13,15-16H2,1H3,(H,24,25);1H. The van der Waals surface area contributed by atoms with Crippen LogP contribution in [0.25, 0.3) is 0 Å². The van der Waals surface area contributed by atoms with Crippen molar-refractivity contribution in [3.05, 3.63) is 34.9 Å². The van der Waals surface area contributed by atoms with E-state index in [0.29, 0.717) is 24.4 Å². The predicted molar refractivity (Wildman–Crippen MR) is 133 cm³/mol. The van der Waals surface area contributed by atoms with Crippen molar-refractivity contribution in [2.75, 3.05) is 52.9 Å². The first-order valence-electron chi connectivity index (χ1n) is 10.9. The van der Waals surface area contributed by atoms with Crippen LogP contribution in [0.3, 0.4) is 0 Å². The van der Waals surface area contributed by atoms with E-state index in [1.807, 2.05) is 24.1 Å². The Morgan fingerprint density at radius 1 is 1.10 bits per heavy atom. The number of nitrogens with one attached hydrogen (secondary N) is 1. The van der Waals surface area contributed by atoms with E-state index in [1.165, 1.54) is 12.0 Å². The molecule has 0 spiro atoms. The second-order valence-electron chi connectivity index (χ2n) is 8.40. The molecule has 6 nitrogen and oxygen atoms in total. The van der Waals surface area contributed by atoms with Crippen LogP contribution < -0.4 is 5.32 Å². The van der Waals surface area contributed by atoms with E-state index in [9.17, 15) is 4.79 Å². The summed E-state index contributed by atoms with van der Waals surface area (Å²) in [6.07, 6.45) is 4.68. The predicted octanol–water partition coefficient (Wildman–Crippen LogP) is 3.02. The van der Waals surface area contributed by atoms with Crippen molar-refractivity contribution in [3.8, 4) is 0 Å². The molecule has 1 saturated carbocycles. The highest BCUT2D eigenvalue weighted by Gasteiger charge is 2.40. The topological polar surface area (TPSA) is 51.2 Å². The van der Waals surface area contributed by atoms with Gasteiger partial charge >= 0.3 is 0 Å². The number of nitrogens with zero attached hydrogens (tertiary/aromatic N) is 4. The van der Waals surface area contributed by atoms with Gasteiger partial charge in [0, 0.05) is 63.3 Å². The highest BCUT2D eigenvalue weighted by atomic mass is 127. The van der Waals surface area contributed by atoms with Gasteiger partial charge in [0.2, 0.25) is 5.91 Å². The molecule has 3 fully saturated rings. The number of piperidine rings is 1. The Kier molecular flexibility index (Phi) is 8.65. The summed E-state index contributed by atoms with van der Waals surface area (Å²) < 4.78 is 0. The van der Waals surface area contributed by atoms with Crippen molar-refractivity contribution in [1.82, 2.24) is 20.0 Å². The molecule has 2 unspecified atom stereocenters. The molecule has 3 aliphatic rings. The number of guanidine groups is 1. The van der Waals surface area contributed by atoms with Gasteiger partial charge in [-0.05, 0) is 43.4 Å². The lowest BCUT2D eigenvalue weighted by molar-refractivity contribution is -0.133. The summed E-state index contributed by atoms with van der Waals surface area (Å²) in [6.45, 7) is 6.04. The smallest absolute Gasteiger partial charge is 0.236 e. The quantitative estimate of drug-likeness (QED) is 0.359. The average molecular weight is 546 g/mol. The molecular weight excluding hydrogens is 513 g/mol. The Morgan fingerprint density at radius 2 is 1.83 bits per heavy atom. The Balaban J connectivity index is 0.00000256. The molecule has 0 radical (unpaired) electrons. The molecular formula is C22H33ClIN5O. The number of likely N-dealkylation sites (tertiary alicyclic amines) is 1. The van der Waals surface area contributed by atoms with E-state index in [0.717, 1.165) is 69.5 Å². The van der Waals surface area contributed by atoms with Gasteiger partial charge in [0.1, 0.15) is 0 Å². The minimum absolute atomic E-state index is 0. The van der Waals surface area contributed by atoms with Gasteiger partial charge in [0.25, 0.3) is 0 Å². The first-order valence-corrected chi connectivity index (χ1v) is 11.3. The maximum atomic E-state index is 12.5. The second-order valence-corrected chi connectivity index (χ2v) is 8.84. The van der Waals surface area contributed by atoms with Crippen LogP contribution >= 0.6 is 35.6 Å². The molecule has 0 aromatic heterocycles. The molecule has 1 amide bonds. The Morgan fingerprint density at radius 3 is 2.50 bits per heavy atom. The van der Waals surface area contributed by atoms with Gasteiger partial charge in [-0.25, -0.2) is 0 Å². The number of aliphatic imine (C=N–C) groups is 1. The minimum Gasteiger partial charge on any atom is -0.353 e. The zero-order valence-electron chi connectivity index (χ0n) is 17.7. The molecule has 1 aromatic rings. The highest BCUT2D eigenvalue weighted by molar-refractivity contribution is 14.0. The maximum Gasteiger partial charge on any atom is 0.236 e. The highest BCUT2D eigenvalue weighted by Crippen LogP contribution is 2.41. The molecule has 8 heteroatoms. The minimum atomic E-state index is 0. The summed E-state index contributed by atoms with van der Waals surface area (Å²) in [4.78, 5) is 23.7. The molecule has 30 heavy (non-hydrogen) atoms. The lowest BCUT2D eigenvalue weighted by Crippen LogP contribution is -2.54. The van der Waals surface area contributed by atoms with Gasteiger partial charge in [0.05, 0.1) is 6.54 Å². The van der Waals surface area contributed by atoms with E-state index >= 15 is 0 Å². The third-order valence-corrected chi connectivity index (χ3v) is 6.57. The van der Waals surface area contributed by atoms with Gasteiger partial charge in [0.15, 0.2) is 5.96 Å². The molecule has 2 saturated heterocycles. The van der Waals surface area contributed by atoms with E-state index < -0.39 is 0 Å². The van der Waals surface area contributed by atoms with Crippen LogP contribution in [0.5, 0.6) is 0 Å². The first-order chi connectivity index (χ1) is 14.1. The zero-order chi connectivity index (χ0) is 20.2. The second kappa shape index (κ2) is 11.0. The fourth-order valence-corrected chi connectivity index (χ4v) is 4.67. The first kappa shape index (κ1) is 23.6. The zero-order valence-corrected chi connectivity index (χ0v) is 20.8. The molecule has 1 aromatic carbocycles. The molecule has 166 valence electrons. The summed E-state index contributed by atoms with van der Waals surface area (Å²) >= 11 is 6.13. The molecule has 0 bridgehead atoms. The van der Waals surface area contributed by atoms with Crippen molar-refractivity contribution >= 4 is 47.4 Å². The monoisotopic (exact) mass is 545 g/mol. The summed E-state index contributed by atoms with van der Waals surface area (Å²) in [6, 6.07) is 8.58. The fraction of sp³-hybridized carbons (Fsp3) is 0.636. The van der Waals surface area contributed by atoms with Gasteiger partial charge in [-0.3, -0.25) is 14.7 Å². The van der Waals surface area contributed by atoms with Crippen molar-refractivity contribution < 1.29 is 4.79 Å². The summed E-state index contributed by atoms with van der Waals surface area (Å²) in [5.41, 5.74) is 1.30. The summed E-state index contributed by atoms with van der Waals surface area (Å²) in [5.74, 6) is 1.78. The van der Waals surface area contributed by atoms with Crippen molar-refractivity contribution in [1.29, 1.82) is 0 Å². The lowest BCUT2D eigenvalue weighted by Gasteiger charge is -2.37. The van der Waals surface area contributed by atoms with Crippen molar-refractivity contribution in [2.24, 2.45) is 4.99 Å². The average Bonchev–Trinajstić information content (AvgIpc) is 3.53. The van der Waals surface area contributed by atoms with Gasteiger partial charge < -0.3 is 15.1 Å². The number of piperazine rings is 1. The van der Waals surface area contributed by atoms with Crippen LogP contribution in [0.15, 0.2) is 29.3 Å². The number of rotatable bonds is 4. The lowest BCUT2D eigenvalue weighted by atomic mass is 10.1. The normalized spacial score (nSPS) is 24.9. The van der Waals surface area contributed by atoms with Gasteiger partial charge in [-0.1, -0.05) is 23.7 Å². The molecule has 1 N–H and O–H groups in total. The van der Waals surface area contributed by atoms with Gasteiger partial charge in [-0.15, -0.1) is 24.0 Å². The Bertz CT molecular complexity index is 747. The molecule has 4 rings (SSSR count). The van der Waals surface area contributed by atoms with Crippen LogP contribution in [-0.4, -0.2) is 85.5 Å². The van der Waals surface area contributed by atoms with Crippen LogP contribution in [-0.2, 0) is 4.79 Å². The summed E-state index contributed by atoms with van der Waals surface area (Å²) in [7, 11) is 1.85. The third-order valence-electron chi connectivity index (χ3n) is 6.33. The molecule has 2 heterocycles. The molecule has 2 atom stereocenters. The Hall–Kier alpha value is -1.06. The number of halogens is 2. The number of hydrogen-bond donors (Lipinski definition) is 1. The number of carbonyl (C=O) groups is 1. The third kappa shape index (κ3) is 6.01. The van der Waals surface area contributed by atoms with Crippen molar-refractivity contribution in [2.45, 2.75) is 37.6 Å². The van der Waals surface area contributed by atoms with E-state index in [1.54, 1.807) is 0 Å². The van der Waals surface area contributed by atoms with Crippen LogP contribution in [0.1, 0.15) is 37.2 Å². The van der Waals surface area contributed by atoms with Crippen LogP contribution in [0, 0.1) is 0 Å². The molecule has 2 aliphatic heterocycles. The van der Waals surface area contributed by atoms with E-state index in [2.05, 4.69) is 32.2 Å². The van der Waals surface area contributed by atoms with Crippen LogP contribution in [0.4, 0.5) is 0 Å². The SMILES string of the molecule is CN=C(NC1CC1c1cccc(Cl)c1)N1CCN(CC(=O)N2CCCCC2)CC1.I. The number of carbonyl (C=O) groups excluding carboxylic acids is 1. The number of hydrogen-bond acceptors (Lipinski definition) is 3. The van der Waals surface area contributed by atoms with E-state index in [4.69, 9.17) is 11.6 Å². The molecule has 1 aliphatic carbocycles.